The molecule has 0 bridgehead atoms. The lowest BCUT2D eigenvalue weighted by Crippen LogP contribution is -2.17. The molecule has 0 spiro atoms. The average Bonchev–Trinajstić information content (AvgIpc) is 2.76. The quantitative estimate of drug-likeness (QED) is 0.490. The highest BCUT2D eigenvalue weighted by Gasteiger charge is 2.25. The SMILES string of the molecule is C#CC(CCC)Nc1cc2c(cc1[N+](=O)[O-])CC(=O)N2. The molecule has 1 aliphatic heterocycles. The topological polar surface area (TPSA) is 84.3 Å². The van der Waals surface area contributed by atoms with Crippen LogP contribution in [-0.4, -0.2) is 16.9 Å². The third-order valence-corrected chi connectivity index (χ3v) is 3.15. The van der Waals surface area contributed by atoms with Gasteiger partial charge >= 0.3 is 0 Å². The molecule has 1 aromatic carbocycles. The number of hydrogen-bond donors (Lipinski definition) is 2. The number of amides is 1. The molecule has 6 nitrogen and oxygen atoms in total. The summed E-state index contributed by atoms with van der Waals surface area (Å²) in [6.45, 7) is 1.99. The smallest absolute Gasteiger partial charge is 0.292 e. The van der Waals surface area contributed by atoms with Crippen LogP contribution in [0, 0.1) is 22.5 Å². The molecule has 0 aliphatic carbocycles. The van der Waals surface area contributed by atoms with Gasteiger partial charge in [-0.1, -0.05) is 19.3 Å². The largest absolute Gasteiger partial charge is 0.366 e. The predicted molar refractivity (Wildman–Crippen MR) is 76.6 cm³/mol. The van der Waals surface area contributed by atoms with Gasteiger partial charge in [-0.2, -0.15) is 0 Å². The Kier molecular flexibility index (Phi) is 3.89. The van der Waals surface area contributed by atoms with Crippen molar-refractivity contribution in [2.24, 2.45) is 0 Å². The van der Waals surface area contributed by atoms with Crippen molar-refractivity contribution in [2.75, 3.05) is 10.6 Å². The molecule has 0 radical (unpaired) electrons. The van der Waals surface area contributed by atoms with Gasteiger partial charge in [0.25, 0.3) is 5.69 Å². The van der Waals surface area contributed by atoms with Crippen LogP contribution in [0.1, 0.15) is 25.3 Å². The van der Waals surface area contributed by atoms with Crippen molar-refractivity contribution in [3.63, 3.8) is 0 Å². The average molecular weight is 273 g/mol. The fourth-order valence-corrected chi connectivity index (χ4v) is 2.20. The number of carbonyl (C=O) groups excluding carboxylic acids is 1. The summed E-state index contributed by atoms with van der Waals surface area (Å²) in [5.41, 5.74) is 1.53. The van der Waals surface area contributed by atoms with Crippen molar-refractivity contribution in [3.05, 3.63) is 27.8 Å². The summed E-state index contributed by atoms with van der Waals surface area (Å²) in [5.74, 6) is 2.41. The van der Waals surface area contributed by atoms with Crippen molar-refractivity contribution in [2.45, 2.75) is 32.2 Å². The lowest BCUT2D eigenvalue weighted by molar-refractivity contribution is -0.384. The molecular formula is C14H15N3O3. The maximum absolute atomic E-state index is 11.3. The number of terminal acetylenes is 1. The molecule has 0 saturated heterocycles. The van der Waals surface area contributed by atoms with E-state index in [9.17, 15) is 14.9 Å². The number of benzene rings is 1. The molecule has 1 amide bonds. The third-order valence-electron chi connectivity index (χ3n) is 3.15. The van der Waals surface area contributed by atoms with E-state index in [1.54, 1.807) is 6.07 Å². The summed E-state index contributed by atoms with van der Waals surface area (Å²) in [6, 6.07) is 2.74. The number of nitrogens with one attached hydrogen (secondary N) is 2. The van der Waals surface area contributed by atoms with Crippen molar-refractivity contribution in [1.29, 1.82) is 0 Å². The van der Waals surface area contributed by atoms with Crippen molar-refractivity contribution < 1.29 is 9.72 Å². The second-order valence-corrected chi connectivity index (χ2v) is 4.66. The Hall–Kier alpha value is -2.55. The van der Waals surface area contributed by atoms with E-state index >= 15 is 0 Å². The minimum Gasteiger partial charge on any atom is -0.366 e. The van der Waals surface area contributed by atoms with Gasteiger partial charge in [0.2, 0.25) is 5.91 Å². The van der Waals surface area contributed by atoms with Crippen molar-refractivity contribution in [3.8, 4) is 12.3 Å². The van der Waals surface area contributed by atoms with E-state index in [0.29, 0.717) is 16.9 Å². The van der Waals surface area contributed by atoms with Crippen LogP contribution in [0.4, 0.5) is 17.1 Å². The summed E-state index contributed by atoms with van der Waals surface area (Å²) < 4.78 is 0. The number of rotatable bonds is 5. The second kappa shape index (κ2) is 5.61. The first-order valence-corrected chi connectivity index (χ1v) is 6.39. The van der Waals surface area contributed by atoms with Crippen LogP contribution in [0.2, 0.25) is 0 Å². The second-order valence-electron chi connectivity index (χ2n) is 4.66. The Bertz CT molecular complexity index is 604. The molecule has 20 heavy (non-hydrogen) atoms. The Labute approximate surface area is 116 Å². The van der Waals surface area contributed by atoms with Gasteiger partial charge in [0.05, 0.1) is 17.4 Å². The van der Waals surface area contributed by atoms with E-state index in [-0.39, 0.29) is 24.1 Å². The molecule has 2 rings (SSSR count). The first-order valence-electron chi connectivity index (χ1n) is 6.39. The lowest BCUT2D eigenvalue weighted by atomic mass is 10.1. The first-order chi connectivity index (χ1) is 9.55. The van der Waals surface area contributed by atoms with Gasteiger partial charge in [-0.05, 0) is 18.1 Å². The molecule has 0 aromatic heterocycles. The van der Waals surface area contributed by atoms with Crippen molar-refractivity contribution in [1.82, 2.24) is 0 Å². The van der Waals surface area contributed by atoms with Crippen LogP contribution in [0.5, 0.6) is 0 Å². The summed E-state index contributed by atoms with van der Waals surface area (Å²) >= 11 is 0. The zero-order chi connectivity index (χ0) is 14.7. The molecule has 2 N–H and O–H groups in total. The number of nitrogens with zero attached hydrogens (tertiary/aromatic N) is 1. The van der Waals surface area contributed by atoms with Gasteiger partial charge in [0.15, 0.2) is 0 Å². The number of anilines is 2. The van der Waals surface area contributed by atoms with Gasteiger partial charge in [0, 0.05) is 11.8 Å². The van der Waals surface area contributed by atoms with Gasteiger partial charge < -0.3 is 10.6 Å². The minimum absolute atomic E-state index is 0.0587. The maximum Gasteiger partial charge on any atom is 0.292 e. The number of hydrogen-bond acceptors (Lipinski definition) is 4. The van der Waals surface area contributed by atoms with Gasteiger partial charge in [0.1, 0.15) is 5.69 Å². The van der Waals surface area contributed by atoms with Crippen LogP contribution >= 0.6 is 0 Å². The summed E-state index contributed by atoms with van der Waals surface area (Å²) in [7, 11) is 0. The van der Waals surface area contributed by atoms with Crippen LogP contribution in [-0.2, 0) is 11.2 Å². The van der Waals surface area contributed by atoms with Crippen LogP contribution in [0.15, 0.2) is 12.1 Å². The van der Waals surface area contributed by atoms with E-state index in [1.165, 1.54) is 6.07 Å². The molecular weight excluding hydrogens is 258 g/mol. The summed E-state index contributed by atoms with van der Waals surface area (Å²) in [4.78, 5) is 22.0. The van der Waals surface area contributed by atoms with Crippen molar-refractivity contribution >= 4 is 23.0 Å². The van der Waals surface area contributed by atoms with E-state index in [0.717, 1.165) is 12.8 Å². The first kappa shape index (κ1) is 13.9. The highest BCUT2D eigenvalue weighted by molar-refractivity contribution is 6.00. The van der Waals surface area contributed by atoms with Crippen LogP contribution < -0.4 is 10.6 Å². The maximum atomic E-state index is 11.3. The number of nitro benzene ring substituents is 1. The minimum atomic E-state index is -0.467. The Morgan fingerprint density at radius 1 is 1.60 bits per heavy atom. The van der Waals surface area contributed by atoms with Gasteiger partial charge in [-0.25, -0.2) is 0 Å². The van der Waals surface area contributed by atoms with Gasteiger partial charge in [-0.15, -0.1) is 6.42 Å². The fourth-order valence-electron chi connectivity index (χ4n) is 2.20. The van der Waals surface area contributed by atoms with E-state index in [4.69, 9.17) is 6.42 Å². The molecule has 1 aliphatic rings. The third kappa shape index (κ3) is 2.72. The Morgan fingerprint density at radius 3 is 2.95 bits per heavy atom. The van der Waals surface area contributed by atoms with Crippen LogP contribution in [0.3, 0.4) is 0 Å². The zero-order valence-corrected chi connectivity index (χ0v) is 11.1. The number of fused-ring (bicyclic) bond motifs is 1. The molecule has 0 saturated carbocycles. The van der Waals surface area contributed by atoms with E-state index in [2.05, 4.69) is 16.6 Å². The number of carbonyl (C=O) groups is 1. The lowest BCUT2D eigenvalue weighted by Gasteiger charge is -2.14. The molecule has 6 heteroatoms. The summed E-state index contributed by atoms with van der Waals surface area (Å²) in [6.07, 6.45) is 7.18. The highest BCUT2D eigenvalue weighted by atomic mass is 16.6. The predicted octanol–water partition coefficient (Wildman–Crippen LogP) is 2.30. The molecule has 1 aromatic rings. The summed E-state index contributed by atoms with van der Waals surface area (Å²) in [5, 5.41) is 16.8. The van der Waals surface area contributed by atoms with E-state index < -0.39 is 4.92 Å². The van der Waals surface area contributed by atoms with Gasteiger partial charge in [-0.3, -0.25) is 14.9 Å². The molecule has 1 atom stereocenters. The Balaban J connectivity index is 2.37. The van der Waals surface area contributed by atoms with E-state index in [1.807, 2.05) is 6.92 Å². The monoisotopic (exact) mass is 273 g/mol. The number of nitro groups is 1. The molecule has 1 unspecified atom stereocenters. The fraction of sp³-hybridized carbons (Fsp3) is 0.357. The van der Waals surface area contributed by atoms with Crippen LogP contribution in [0.25, 0.3) is 0 Å². The zero-order valence-electron chi connectivity index (χ0n) is 11.1. The highest BCUT2D eigenvalue weighted by Crippen LogP contribution is 2.35. The normalized spacial score (nSPS) is 14.1. The molecule has 104 valence electrons. The standard InChI is InChI=1S/C14H15N3O3/c1-3-5-10(4-2)15-12-8-11-9(7-14(18)16-11)6-13(12)17(19)20/h2,6,8,10,15H,3,5,7H2,1H3,(H,16,18). The molecule has 1 heterocycles. The Morgan fingerprint density at radius 2 is 2.35 bits per heavy atom. The molecule has 0 fully saturated rings.